The minimum atomic E-state index is 0.704. The van der Waals surface area contributed by atoms with Crippen molar-refractivity contribution in [3.8, 4) is 0 Å². The minimum absolute atomic E-state index is 0.704. The smallest absolute Gasteiger partial charge is 0.0746 e. The molecule has 0 saturated heterocycles. The van der Waals surface area contributed by atoms with Gasteiger partial charge in [-0.3, -0.25) is 4.98 Å². The van der Waals surface area contributed by atoms with Crippen LogP contribution in [0.15, 0.2) is 36.5 Å². The maximum atomic E-state index is 6.04. The number of hydrogen-bond acceptors (Lipinski definition) is 2. The highest BCUT2D eigenvalue weighted by Crippen LogP contribution is 2.32. The Balaban J connectivity index is 1.63. The molecule has 0 amide bonds. The molecule has 3 heteroatoms. The number of halogens is 1. The highest BCUT2D eigenvalue weighted by atomic mass is 35.5. The van der Waals surface area contributed by atoms with Crippen LogP contribution in [-0.2, 0) is 6.54 Å². The molecule has 1 N–H and O–H groups in total. The van der Waals surface area contributed by atoms with E-state index in [2.05, 4.69) is 34.6 Å². The molecule has 1 aromatic heterocycles. The Hall–Kier alpha value is -1.12. The first-order valence-electron chi connectivity index (χ1n) is 7.48. The Morgan fingerprint density at radius 3 is 2.90 bits per heavy atom. The summed E-state index contributed by atoms with van der Waals surface area (Å²) in [5, 5.41) is 4.82. The Kier molecular flexibility index (Phi) is 4.54. The zero-order chi connectivity index (χ0) is 13.8. The molecule has 3 rings (SSSR count). The molecule has 106 valence electrons. The summed E-state index contributed by atoms with van der Waals surface area (Å²) in [5.41, 5.74) is 2.39. The van der Waals surface area contributed by atoms with Crippen LogP contribution in [0.2, 0.25) is 0 Å². The minimum Gasteiger partial charge on any atom is -0.312 e. The predicted octanol–water partition coefficient (Wildman–Crippen LogP) is 3.98. The molecule has 0 radical (unpaired) electrons. The van der Waals surface area contributed by atoms with Crippen molar-refractivity contribution in [2.75, 3.05) is 12.4 Å². The first-order chi connectivity index (χ1) is 9.88. The number of benzene rings is 1. The van der Waals surface area contributed by atoms with Crippen molar-refractivity contribution in [2.45, 2.75) is 25.8 Å². The van der Waals surface area contributed by atoms with Gasteiger partial charge in [-0.2, -0.15) is 0 Å². The molecular formula is C17H21ClN2. The summed E-state index contributed by atoms with van der Waals surface area (Å²) in [7, 11) is 0. The van der Waals surface area contributed by atoms with Gasteiger partial charge in [0.25, 0.3) is 0 Å². The largest absolute Gasteiger partial charge is 0.312 e. The molecule has 2 nitrogen and oxygen atoms in total. The number of rotatable bonds is 5. The molecule has 1 aromatic carbocycles. The fourth-order valence-electron chi connectivity index (χ4n) is 3.29. The molecule has 2 unspecified atom stereocenters. The van der Waals surface area contributed by atoms with Crippen LogP contribution in [0, 0.1) is 11.8 Å². The van der Waals surface area contributed by atoms with Crippen molar-refractivity contribution in [1.82, 2.24) is 10.3 Å². The summed E-state index contributed by atoms with van der Waals surface area (Å²) >= 11 is 6.04. The molecule has 2 atom stereocenters. The molecule has 2 aromatic rings. The molecule has 20 heavy (non-hydrogen) atoms. The van der Waals surface area contributed by atoms with E-state index in [1.54, 1.807) is 0 Å². The monoisotopic (exact) mass is 288 g/mol. The first-order valence-corrected chi connectivity index (χ1v) is 8.01. The average molecular weight is 289 g/mol. The van der Waals surface area contributed by atoms with Gasteiger partial charge >= 0.3 is 0 Å². The Morgan fingerprint density at radius 2 is 2.00 bits per heavy atom. The van der Waals surface area contributed by atoms with Gasteiger partial charge in [-0.15, -0.1) is 11.6 Å². The van der Waals surface area contributed by atoms with E-state index in [1.807, 2.05) is 12.3 Å². The fraction of sp³-hybridized carbons (Fsp3) is 0.471. The summed E-state index contributed by atoms with van der Waals surface area (Å²) in [6.07, 6.45) is 5.82. The van der Waals surface area contributed by atoms with E-state index in [0.717, 1.165) is 30.4 Å². The van der Waals surface area contributed by atoms with Crippen LogP contribution >= 0.6 is 11.6 Å². The lowest BCUT2D eigenvalue weighted by Gasteiger charge is -2.18. The number of nitrogens with zero attached hydrogens (tertiary/aromatic N) is 1. The van der Waals surface area contributed by atoms with Crippen molar-refractivity contribution in [2.24, 2.45) is 11.8 Å². The number of para-hydroxylation sites is 1. The molecule has 1 fully saturated rings. The van der Waals surface area contributed by atoms with Crippen LogP contribution in [0.5, 0.6) is 0 Å². The number of aromatic nitrogens is 1. The second-order valence-electron chi connectivity index (χ2n) is 5.73. The van der Waals surface area contributed by atoms with Crippen LogP contribution in [0.25, 0.3) is 10.9 Å². The van der Waals surface area contributed by atoms with Crippen LogP contribution in [0.1, 0.15) is 24.8 Å². The van der Waals surface area contributed by atoms with Crippen LogP contribution in [0.4, 0.5) is 0 Å². The summed E-state index contributed by atoms with van der Waals surface area (Å²) in [5.74, 6) is 2.26. The van der Waals surface area contributed by atoms with E-state index in [1.165, 1.54) is 30.2 Å². The number of alkyl halides is 1. The standard InChI is InChI=1S/C17H21ClN2/c18-10-14-5-2-6-15(14)11-19-12-16-7-1-4-13-8-3-9-20-17(13)16/h1,3-4,7-9,14-15,19H,2,5-6,10-12H2. The third-order valence-corrected chi connectivity index (χ3v) is 4.85. The van der Waals surface area contributed by atoms with Crippen molar-refractivity contribution in [3.63, 3.8) is 0 Å². The van der Waals surface area contributed by atoms with Crippen molar-refractivity contribution in [1.29, 1.82) is 0 Å². The van der Waals surface area contributed by atoms with Crippen molar-refractivity contribution >= 4 is 22.5 Å². The van der Waals surface area contributed by atoms with Gasteiger partial charge in [0, 0.05) is 24.0 Å². The van der Waals surface area contributed by atoms with Crippen molar-refractivity contribution < 1.29 is 0 Å². The number of pyridine rings is 1. The number of hydrogen-bond donors (Lipinski definition) is 1. The van der Waals surface area contributed by atoms with Gasteiger partial charge in [-0.25, -0.2) is 0 Å². The summed E-state index contributed by atoms with van der Waals surface area (Å²) in [4.78, 5) is 4.50. The lowest BCUT2D eigenvalue weighted by atomic mass is 9.98. The van der Waals surface area contributed by atoms with Crippen molar-refractivity contribution in [3.05, 3.63) is 42.1 Å². The molecule has 0 bridgehead atoms. The SMILES string of the molecule is ClCC1CCCC1CNCc1cccc2cccnc12. The predicted molar refractivity (Wildman–Crippen MR) is 85.0 cm³/mol. The van der Waals surface area contributed by atoms with E-state index in [4.69, 9.17) is 11.6 Å². The topological polar surface area (TPSA) is 24.9 Å². The van der Waals surface area contributed by atoms with Gasteiger partial charge < -0.3 is 5.32 Å². The molecule has 1 aliphatic carbocycles. The fourth-order valence-corrected chi connectivity index (χ4v) is 3.69. The lowest BCUT2D eigenvalue weighted by molar-refractivity contribution is 0.396. The van der Waals surface area contributed by atoms with Gasteiger partial charge in [0.15, 0.2) is 0 Å². The van der Waals surface area contributed by atoms with E-state index >= 15 is 0 Å². The van der Waals surface area contributed by atoms with E-state index < -0.39 is 0 Å². The molecule has 0 aliphatic heterocycles. The van der Waals surface area contributed by atoms with Gasteiger partial charge in [-0.05, 0) is 42.9 Å². The van der Waals surface area contributed by atoms with Crippen LogP contribution < -0.4 is 5.32 Å². The summed E-state index contributed by atoms with van der Waals surface area (Å²) in [6.45, 7) is 1.96. The Bertz CT molecular complexity index is 564. The number of nitrogens with one attached hydrogen (secondary N) is 1. The van der Waals surface area contributed by atoms with Gasteiger partial charge in [-0.1, -0.05) is 30.7 Å². The number of fused-ring (bicyclic) bond motifs is 1. The molecule has 1 aliphatic rings. The first kappa shape index (κ1) is 13.8. The quantitative estimate of drug-likeness (QED) is 0.842. The zero-order valence-corrected chi connectivity index (χ0v) is 12.4. The van der Waals surface area contributed by atoms with Crippen LogP contribution in [-0.4, -0.2) is 17.4 Å². The normalized spacial score (nSPS) is 22.4. The summed E-state index contributed by atoms with van der Waals surface area (Å²) < 4.78 is 0. The zero-order valence-electron chi connectivity index (χ0n) is 11.7. The highest BCUT2D eigenvalue weighted by Gasteiger charge is 2.25. The molecule has 1 heterocycles. The Labute approximate surface area is 125 Å². The van der Waals surface area contributed by atoms with Gasteiger partial charge in [0.1, 0.15) is 0 Å². The van der Waals surface area contributed by atoms with Crippen LogP contribution in [0.3, 0.4) is 0 Å². The maximum absolute atomic E-state index is 6.04. The summed E-state index contributed by atoms with van der Waals surface area (Å²) in [6, 6.07) is 10.5. The average Bonchev–Trinajstić information content (AvgIpc) is 2.95. The Morgan fingerprint density at radius 1 is 1.15 bits per heavy atom. The second kappa shape index (κ2) is 6.55. The van der Waals surface area contributed by atoms with E-state index in [0.29, 0.717) is 5.92 Å². The maximum Gasteiger partial charge on any atom is 0.0746 e. The third kappa shape index (κ3) is 2.97. The second-order valence-corrected chi connectivity index (χ2v) is 6.04. The van der Waals surface area contributed by atoms with Gasteiger partial charge in [0.2, 0.25) is 0 Å². The molecular weight excluding hydrogens is 268 g/mol. The van der Waals surface area contributed by atoms with E-state index in [-0.39, 0.29) is 0 Å². The highest BCUT2D eigenvalue weighted by molar-refractivity contribution is 6.18. The van der Waals surface area contributed by atoms with E-state index in [9.17, 15) is 0 Å². The molecule has 1 saturated carbocycles. The lowest BCUT2D eigenvalue weighted by Crippen LogP contribution is -2.25. The van der Waals surface area contributed by atoms with Gasteiger partial charge in [0.05, 0.1) is 5.52 Å². The molecule has 0 spiro atoms. The third-order valence-electron chi connectivity index (χ3n) is 4.45.